The van der Waals surface area contributed by atoms with Crippen LogP contribution in [0.4, 0.5) is 0 Å². The van der Waals surface area contributed by atoms with Crippen molar-refractivity contribution in [2.45, 2.75) is 13.8 Å². The standard InChI is InChI=1S/C24H21N5O5/c1-15-11-19(16(2)29(15)17-7-8-22-23(12-17)33-10-9-32-22)21(30)13-34-24(31)18-5-3-4-6-20(18)28-14-25-26-27-28/h3-8,11-12,14H,9-10,13H2,1-2H3. The van der Waals surface area contributed by atoms with Crippen LogP contribution in [0.1, 0.15) is 32.1 Å². The van der Waals surface area contributed by atoms with Crippen LogP contribution in [-0.4, -0.2) is 56.3 Å². The van der Waals surface area contributed by atoms with Crippen LogP contribution in [0.25, 0.3) is 11.4 Å². The highest BCUT2D eigenvalue weighted by Gasteiger charge is 2.21. The molecule has 2 aromatic heterocycles. The van der Waals surface area contributed by atoms with Crippen LogP contribution < -0.4 is 9.47 Å². The summed E-state index contributed by atoms with van der Waals surface area (Å²) in [5.74, 6) is 0.423. The molecule has 2 aromatic carbocycles. The van der Waals surface area contributed by atoms with Crippen LogP contribution in [0.2, 0.25) is 0 Å². The average molecular weight is 459 g/mol. The molecule has 172 valence electrons. The molecule has 0 radical (unpaired) electrons. The third-order valence-corrected chi connectivity index (χ3v) is 5.57. The first-order chi connectivity index (χ1) is 16.5. The number of carbonyl (C=O) groups is 2. The van der Waals surface area contributed by atoms with Gasteiger partial charge in [0.2, 0.25) is 5.78 Å². The van der Waals surface area contributed by atoms with Gasteiger partial charge in [0.15, 0.2) is 18.1 Å². The van der Waals surface area contributed by atoms with Crippen molar-refractivity contribution < 1.29 is 23.8 Å². The van der Waals surface area contributed by atoms with Crippen LogP contribution in [0.15, 0.2) is 54.9 Å². The van der Waals surface area contributed by atoms with E-state index in [4.69, 9.17) is 14.2 Å². The van der Waals surface area contributed by atoms with Gasteiger partial charge < -0.3 is 18.8 Å². The minimum absolute atomic E-state index is 0.254. The Labute approximate surface area is 194 Å². The average Bonchev–Trinajstić information content (AvgIpc) is 3.50. The number of Topliss-reactive ketones (excluding diaryl/α,β-unsaturated/α-hetero) is 1. The van der Waals surface area contributed by atoms with Gasteiger partial charge in [0, 0.05) is 28.7 Å². The summed E-state index contributed by atoms with van der Waals surface area (Å²) in [5, 5.41) is 11.0. The summed E-state index contributed by atoms with van der Waals surface area (Å²) in [5.41, 5.74) is 3.66. The maximum absolute atomic E-state index is 13.0. The van der Waals surface area contributed by atoms with Crippen LogP contribution in [0.3, 0.4) is 0 Å². The number of benzene rings is 2. The molecule has 0 N–H and O–H groups in total. The van der Waals surface area contributed by atoms with Gasteiger partial charge in [0.05, 0.1) is 11.3 Å². The Kier molecular flexibility index (Phi) is 5.54. The van der Waals surface area contributed by atoms with Crippen LogP contribution >= 0.6 is 0 Å². The third kappa shape index (κ3) is 3.90. The summed E-state index contributed by atoms with van der Waals surface area (Å²) >= 11 is 0. The Hall–Kier alpha value is -4.47. The number of fused-ring (bicyclic) bond motifs is 1. The summed E-state index contributed by atoms with van der Waals surface area (Å²) in [4.78, 5) is 25.7. The Bertz CT molecular complexity index is 1380. The number of aryl methyl sites for hydroxylation is 1. The van der Waals surface area contributed by atoms with E-state index in [9.17, 15) is 9.59 Å². The maximum atomic E-state index is 13.0. The lowest BCUT2D eigenvalue weighted by Crippen LogP contribution is -2.17. The van der Waals surface area contributed by atoms with Crippen molar-refractivity contribution in [3.8, 4) is 22.9 Å². The third-order valence-electron chi connectivity index (χ3n) is 5.57. The van der Waals surface area contributed by atoms with Crippen molar-refractivity contribution in [2.24, 2.45) is 0 Å². The first-order valence-electron chi connectivity index (χ1n) is 10.6. The van der Waals surface area contributed by atoms with Crippen molar-refractivity contribution in [3.63, 3.8) is 0 Å². The van der Waals surface area contributed by atoms with Gasteiger partial charge in [-0.05, 0) is 54.6 Å². The molecule has 10 heteroatoms. The smallest absolute Gasteiger partial charge is 0.340 e. The predicted molar refractivity (Wildman–Crippen MR) is 120 cm³/mol. The molecule has 0 bridgehead atoms. The zero-order chi connectivity index (χ0) is 23.7. The van der Waals surface area contributed by atoms with E-state index in [0.29, 0.717) is 36.0 Å². The molecule has 0 spiro atoms. The van der Waals surface area contributed by atoms with Crippen molar-refractivity contribution in [2.75, 3.05) is 19.8 Å². The number of rotatable bonds is 6. The van der Waals surface area contributed by atoms with E-state index in [1.54, 1.807) is 30.3 Å². The number of hydrogen-bond donors (Lipinski definition) is 0. The molecule has 0 fully saturated rings. The highest BCUT2D eigenvalue weighted by atomic mass is 16.6. The molecular formula is C24H21N5O5. The largest absolute Gasteiger partial charge is 0.486 e. The molecule has 10 nitrogen and oxygen atoms in total. The number of esters is 1. The van der Waals surface area contributed by atoms with Gasteiger partial charge in [-0.1, -0.05) is 12.1 Å². The van der Waals surface area contributed by atoms with Crippen molar-refractivity contribution in [1.82, 2.24) is 24.8 Å². The number of para-hydroxylation sites is 1. The Morgan fingerprint density at radius 1 is 1.00 bits per heavy atom. The summed E-state index contributed by atoms with van der Waals surface area (Å²) in [6.45, 7) is 4.38. The lowest BCUT2D eigenvalue weighted by Gasteiger charge is -2.20. The molecular weight excluding hydrogens is 438 g/mol. The number of ketones is 1. The van der Waals surface area contributed by atoms with Crippen LogP contribution in [-0.2, 0) is 4.74 Å². The molecule has 0 amide bonds. The summed E-state index contributed by atoms with van der Waals surface area (Å²) in [6.07, 6.45) is 1.38. The van der Waals surface area contributed by atoms with Crippen molar-refractivity contribution >= 4 is 11.8 Å². The second-order valence-corrected chi connectivity index (χ2v) is 7.72. The summed E-state index contributed by atoms with van der Waals surface area (Å²) < 4.78 is 19.9. The highest BCUT2D eigenvalue weighted by molar-refractivity contribution is 6.01. The molecule has 5 rings (SSSR count). The Morgan fingerprint density at radius 3 is 2.59 bits per heavy atom. The molecule has 4 aromatic rings. The molecule has 0 aliphatic carbocycles. The highest BCUT2D eigenvalue weighted by Crippen LogP contribution is 2.33. The van der Waals surface area contributed by atoms with E-state index >= 15 is 0 Å². The predicted octanol–water partition coefficient (Wildman–Crippen LogP) is 2.88. The number of nitrogens with zero attached hydrogens (tertiary/aromatic N) is 5. The monoisotopic (exact) mass is 459 g/mol. The van der Waals surface area contributed by atoms with Gasteiger partial charge in [-0.15, -0.1) is 5.10 Å². The maximum Gasteiger partial charge on any atom is 0.340 e. The number of aromatic nitrogens is 5. The first-order valence-corrected chi connectivity index (χ1v) is 10.6. The Balaban J connectivity index is 1.34. The van der Waals surface area contributed by atoms with Gasteiger partial charge in [-0.3, -0.25) is 4.79 Å². The lowest BCUT2D eigenvalue weighted by atomic mass is 10.1. The zero-order valence-electron chi connectivity index (χ0n) is 18.6. The van der Waals surface area contributed by atoms with Crippen molar-refractivity contribution in [3.05, 3.63) is 77.4 Å². The van der Waals surface area contributed by atoms with Gasteiger partial charge in [0.1, 0.15) is 19.5 Å². The van der Waals surface area contributed by atoms with E-state index in [-0.39, 0.29) is 11.3 Å². The molecule has 0 saturated heterocycles. The topological polar surface area (TPSA) is 110 Å². The van der Waals surface area contributed by atoms with E-state index in [0.717, 1.165) is 17.1 Å². The van der Waals surface area contributed by atoms with Gasteiger partial charge in [0.25, 0.3) is 0 Å². The molecule has 0 atom stereocenters. The van der Waals surface area contributed by atoms with E-state index in [2.05, 4.69) is 15.5 Å². The van der Waals surface area contributed by atoms with Gasteiger partial charge in [-0.2, -0.15) is 4.68 Å². The fourth-order valence-corrected chi connectivity index (χ4v) is 4.02. The molecule has 3 heterocycles. The molecule has 34 heavy (non-hydrogen) atoms. The van der Waals surface area contributed by atoms with Gasteiger partial charge >= 0.3 is 5.97 Å². The fraction of sp³-hybridized carbons (Fsp3) is 0.208. The number of carbonyl (C=O) groups excluding carboxylic acids is 2. The summed E-state index contributed by atoms with van der Waals surface area (Å²) in [6, 6.07) is 14.2. The second kappa shape index (κ2) is 8.81. The normalized spacial score (nSPS) is 12.4. The molecule has 1 aliphatic rings. The second-order valence-electron chi connectivity index (χ2n) is 7.72. The molecule has 1 aliphatic heterocycles. The van der Waals surface area contributed by atoms with E-state index in [1.165, 1.54) is 11.0 Å². The van der Waals surface area contributed by atoms with Gasteiger partial charge in [-0.25, -0.2) is 4.79 Å². The minimum atomic E-state index is -0.639. The summed E-state index contributed by atoms with van der Waals surface area (Å²) in [7, 11) is 0. The quantitative estimate of drug-likeness (QED) is 0.320. The van der Waals surface area contributed by atoms with E-state index in [1.807, 2.05) is 36.6 Å². The molecule has 0 saturated carbocycles. The fourth-order valence-electron chi connectivity index (χ4n) is 4.02. The minimum Gasteiger partial charge on any atom is -0.486 e. The number of hydrogen-bond acceptors (Lipinski definition) is 8. The number of tetrazole rings is 1. The van der Waals surface area contributed by atoms with Crippen molar-refractivity contribution in [1.29, 1.82) is 0 Å². The zero-order valence-corrected chi connectivity index (χ0v) is 18.6. The van der Waals surface area contributed by atoms with E-state index < -0.39 is 12.6 Å². The SMILES string of the molecule is Cc1cc(C(=O)COC(=O)c2ccccc2-n2cnnn2)c(C)n1-c1ccc2c(c1)OCCO2. The number of ether oxygens (including phenoxy) is 3. The van der Waals surface area contributed by atoms with Crippen LogP contribution in [0.5, 0.6) is 11.5 Å². The van der Waals surface area contributed by atoms with Crippen LogP contribution in [0, 0.1) is 13.8 Å². The Morgan fingerprint density at radius 2 is 1.79 bits per heavy atom. The first kappa shape index (κ1) is 21.4. The molecule has 0 unspecified atom stereocenters. The lowest BCUT2D eigenvalue weighted by molar-refractivity contribution is 0.0474.